The largest absolute Gasteiger partial charge is 0.507 e. The highest BCUT2D eigenvalue weighted by Crippen LogP contribution is 2.36. The Hall–Kier alpha value is -2.69. The van der Waals surface area contributed by atoms with Crippen molar-refractivity contribution in [2.24, 2.45) is 0 Å². The summed E-state index contributed by atoms with van der Waals surface area (Å²) in [4.78, 5) is 4.03. The van der Waals surface area contributed by atoms with E-state index in [1.807, 2.05) is 6.07 Å². The molecule has 0 saturated heterocycles. The van der Waals surface area contributed by atoms with Crippen molar-refractivity contribution < 1.29 is 5.11 Å². The number of aromatic hydroxyl groups is 1. The number of aromatic nitrogens is 3. The quantitative estimate of drug-likeness (QED) is 0.633. The molecule has 18 heavy (non-hydrogen) atoms. The maximum absolute atomic E-state index is 9.94. The summed E-state index contributed by atoms with van der Waals surface area (Å²) < 4.78 is 0. The Morgan fingerprint density at radius 1 is 1.11 bits per heavy atom. The van der Waals surface area contributed by atoms with Crippen LogP contribution < -0.4 is 5.73 Å². The Balaban J connectivity index is 2.39. The number of nitrogens with zero attached hydrogens (tertiary/aromatic N) is 3. The lowest BCUT2D eigenvalue weighted by atomic mass is 10.0. The molecule has 2 heterocycles. The molecule has 5 nitrogen and oxygen atoms in total. The van der Waals surface area contributed by atoms with Crippen LogP contribution in [0.5, 0.6) is 5.75 Å². The minimum absolute atomic E-state index is 0.0913. The third-order valence-corrected chi connectivity index (χ3v) is 2.77. The lowest BCUT2D eigenvalue weighted by Crippen LogP contribution is -1.95. The molecule has 88 valence electrons. The molecule has 0 amide bonds. The fraction of sp³-hybridized carbons (Fsp3) is 0. The number of benzene rings is 1. The van der Waals surface area contributed by atoms with Crippen LogP contribution in [-0.4, -0.2) is 20.3 Å². The van der Waals surface area contributed by atoms with Gasteiger partial charge in [-0.25, -0.2) is 0 Å². The monoisotopic (exact) mass is 238 g/mol. The third kappa shape index (κ3) is 1.53. The van der Waals surface area contributed by atoms with Crippen molar-refractivity contribution in [2.75, 3.05) is 5.73 Å². The van der Waals surface area contributed by atoms with E-state index in [0.717, 1.165) is 10.8 Å². The summed E-state index contributed by atoms with van der Waals surface area (Å²) in [7, 11) is 0. The molecule has 0 saturated carbocycles. The Bertz CT molecular complexity index is 702. The van der Waals surface area contributed by atoms with Crippen molar-refractivity contribution in [1.82, 2.24) is 15.2 Å². The summed E-state index contributed by atoms with van der Waals surface area (Å²) in [5, 5.41) is 19.6. The van der Waals surface area contributed by atoms with E-state index in [-0.39, 0.29) is 5.75 Å². The third-order valence-electron chi connectivity index (χ3n) is 2.77. The maximum atomic E-state index is 9.94. The molecule has 5 heteroatoms. The van der Waals surface area contributed by atoms with Gasteiger partial charge in [-0.15, -0.1) is 5.10 Å². The van der Waals surface area contributed by atoms with Gasteiger partial charge in [-0.2, -0.15) is 5.10 Å². The zero-order valence-electron chi connectivity index (χ0n) is 9.41. The average Bonchev–Trinajstić information content (AvgIpc) is 2.39. The van der Waals surface area contributed by atoms with Gasteiger partial charge < -0.3 is 10.8 Å². The van der Waals surface area contributed by atoms with E-state index in [1.165, 1.54) is 0 Å². The first-order valence-corrected chi connectivity index (χ1v) is 5.40. The number of nitrogens with two attached hydrogens (primary N) is 1. The van der Waals surface area contributed by atoms with E-state index in [4.69, 9.17) is 5.73 Å². The number of hydrogen-bond acceptors (Lipinski definition) is 5. The number of hydrogen-bond donors (Lipinski definition) is 2. The summed E-state index contributed by atoms with van der Waals surface area (Å²) in [5.41, 5.74) is 7.43. The summed E-state index contributed by atoms with van der Waals surface area (Å²) in [6, 6.07) is 6.81. The number of rotatable bonds is 1. The van der Waals surface area contributed by atoms with Gasteiger partial charge in [-0.05, 0) is 18.2 Å². The summed E-state index contributed by atoms with van der Waals surface area (Å²) in [6.07, 6.45) is 5.00. The number of nitrogen functional groups attached to an aromatic ring is 1. The van der Waals surface area contributed by atoms with Crippen molar-refractivity contribution in [2.45, 2.75) is 0 Å². The molecule has 3 N–H and O–H groups in total. The first kappa shape index (κ1) is 10.5. The minimum Gasteiger partial charge on any atom is -0.507 e. The number of phenols is 1. The van der Waals surface area contributed by atoms with E-state index in [9.17, 15) is 5.11 Å². The number of fused-ring (bicyclic) bond motifs is 1. The van der Waals surface area contributed by atoms with Gasteiger partial charge in [0.25, 0.3) is 0 Å². The minimum atomic E-state index is 0.0913. The number of pyridine rings is 1. The molecular formula is C13H10N4O. The van der Waals surface area contributed by atoms with Crippen LogP contribution in [0.1, 0.15) is 0 Å². The van der Waals surface area contributed by atoms with E-state index in [1.54, 1.807) is 36.8 Å². The first-order chi connectivity index (χ1) is 8.77. The maximum Gasteiger partial charge on any atom is 0.127 e. The Kier molecular flexibility index (Phi) is 2.30. The highest BCUT2D eigenvalue weighted by Gasteiger charge is 2.13. The molecule has 3 rings (SSSR count). The fourth-order valence-electron chi connectivity index (χ4n) is 1.93. The van der Waals surface area contributed by atoms with E-state index < -0.39 is 0 Å². The van der Waals surface area contributed by atoms with Gasteiger partial charge >= 0.3 is 0 Å². The molecule has 0 unspecified atom stereocenters. The van der Waals surface area contributed by atoms with Gasteiger partial charge in [-0.1, -0.05) is 6.07 Å². The molecule has 2 aromatic heterocycles. The van der Waals surface area contributed by atoms with Gasteiger partial charge in [0.1, 0.15) is 11.4 Å². The highest BCUT2D eigenvalue weighted by molar-refractivity contribution is 5.97. The number of anilines is 1. The Morgan fingerprint density at radius 3 is 2.83 bits per heavy atom. The van der Waals surface area contributed by atoms with E-state index in [2.05, 4.69) is 15.2 Å². The van der Waals surface area contributed by atoms with Crippen molar-refractivity contribution in [1.29, 1.82) is 0 Å². The van der Waals surface area contributed by atoms with Crippen molar-refractivity contribution in [3.8, 4) is 17.0 Å². The van der Waals surface area contributed by atoms with Crippen LogP contribution in [0.15, 0.2) is 42.9 Å². The van der Waals surface area contributed by atoms with Gasteiger partial charge in [-0.3, -0.25) is 4.98 Å². The average molecular weight is 238 g/mol. The van der Waals surface area contributed by atoms with Crippen molar-refractivity contribution in [3.63, 3.8) is 0 Å². The van der Waals surface area contributed by atoms with Gasteiger partial charge in [0.15, 0.2) is 0 Å². The van der Waals surface area contributed by atoms with E-state index in [0.29, 0.717) is 16.9 Å². The van der Waals surface area contributed by atoms with Gasteiger partial charge in [0.2, 0.25) is 0 Å². The first-order valence-electron chi connectivity index (χ1n) is 5.40. The second-order valence-corrected chi connectivity index (χ2v) is 3.90. The predicted octanol–water partition coefficient (Wildman–Crippen LogP) is 1.98. The molecule has 1 aromatic carbocycles. The summed E-state index contributed by atoms with van der Waals surface area (Å²) in [5.74, 6) is 0.0913. The molecule has 0 bridgehead atoms. The van der Waals surface area contributed by atoms with Crippen LogP contribution in [-0.2, 0) is 0 Å². The molecule has 0 spiro atoms. The van der Waals surface area contributed by atoms with Gasteiger partial charge in [0, 0.05) is 28.9 Å². The molecule has 0 atom stereocenters. The molecule has 3 aromatic rings. The zero-order valence-corrected chi connectivity index (χ0v) is 9.41. The normalized spacial score (nSPS) is 10.7. The molecule has 0 aliphatic carbocycles. The van der Waals surface area contributed by atoms with Crippen LogP contribution in [0.2, 0.25) is 0 Å². The van der Waals surface area contributed by atoms with Gasteiger partial charge in [0.05, 0.1) is 11.8 Å². The van der Waals surface area contributed by atoms with E-state index >= 15 is 0 Å². The molecule has 0 fully saturated rings. The van der Waals surface area contributed by atoms with Crippen LogP contribution >= 0.6 is 0 Å². The molecular weight excluding hydrogens is 228 g/mol. The molecule has 0 aliphatic heterocycles. The Morgan fingerprint density at radius 2 is 2.00 bits per heavy atom. The van der Waals surface area contributed by atoms with Crippen LogP contribution in [0.3, 0.4) is 0 Å². The Labute approximate surface area is 103 Å². The lowest BCUT2D eigenvalue weighted by molar-refractivity contribution is 0.477. The van der Waals surface area contributed by atoms with Crippen LogP contribution in [0.25, 0.3) is 22.0 Å². The second-order valence-electron chi connectivity index (χ2n) is 3.90. The topological polar surface area (TPSA) is 84.9 Å². The standard InChI is InChI=1S/C13H10N4O/c14-10-2-1-3-11(18)12(10)13-9-4-5-15-6-8(9)7-16-17-13/h1-7,18H,14H2. The van der Waals surface area contributed by atoms with Crippen LogP contribution in [0, 0.1) is 0 Å². The lowest BCUT2D eigenvalue weighted by Gasteiger charge is -2.08. The van der Waals surface area contributed by atoms with Crippen molar-refractivity contribution in [3.05, 3.63) is 42.9 Å². The highest BCUT2D eigenvalue weighted by atomic mass is 16.3. The van der Waals surface area contributed by atoms with Crippen LogP contribution in [0.4, 0.5) is 5.69 Å². The predicted molar refractivity (Wildman–Crippen MR) is 68.8 cm³/mol. The summed E-state index contributed by atoms with van der Waals surface area (Å²) in [6.45, 7) is 0. The molecule has 0 radical (unpaired) electrons. The second kappa shape index (κ2) is 3.96. The fourth-order valence-corrected chi connectivity index (χ4v) is 1.93. The number of phenolic OH excluding ortho intramolecular Hbond substituents is 1. The smallest absolute Gasteiger partial charge is 0.127 e. The zero-order chi connectivity index (χ0) is 12.5. The molecule has 0 aliphatic rings. The SMILES string of the molecule is Nc1cccc(O)c1-c1nncc2cnccc12. The summed E-state index contributed by atoms with van der Waals surface area (Å²) >= 11 is 0. The van der Waals surface area contributed by atoms with Crippen molar-refractivity contribution >= 4 is 16.5 Å².